The van der Waals surface area contributed by atoms with Crippen molar-refractivity contribution in [2.24, 2.45) is 13.0 Å². The Hall–Kier alpha value is -1.37. The summed E-state index contributed by atoms with van der Waals surface area (Å²) in [6, 6.07) is 0. The molecule has 2 heterocycles. The summed E-state index contributed by atoms with van der Waals surface area (Å²) in [5.41, 5.74) is 0.360. The maximum atomic E-state index is 12.2. The number of halogens is 1. The van der Waals surface area contributed by atoms with Crippen LogP contribution in [0.2, 0.25) is 0 Å². The second kappa shape index (κ2) is 5.32. The largest absolute Gasteiger partial charge is 0.332 e. The molecule has 0 amide bonds. The third kappa shape index (κ3) is 2.39. The number of rotatable bonds is 4. The lowest BCUT2D eigenvalue weighted by Gasteiger charge is -2.11. The Balaban J connectivity index is 2.82. The summed E-state index contributed by atoms with van der Waals surface area (Å²) in [6.07, 6.45) is 1.61. The Labute approximate surface area is 118 Å². The van der Waals surface area contributed by atoms with E-state index in [-0.39, 0.29) is 11.2 Å². The van der Waals surface area contributed by atoms with Crippen molar-refractivity contribution in [2.45, 2.75) is 26.9 Å². The number of alkyl halides is 1. The Morgan fingerprint density at radius 3 is 2.63 bits per heavy atom. The van der Waals surface area contributed by atoms with Gasteiger partial charge in [0, 0.05) is 25.5 Å². The number of nitrogens with zero attached hydrogens (tertiary/aromatic N) is 4. The second-order valence-electron chi connectivity index (χ2n) is 4.95. The molecule has 0 saturated carbocycles. The highest BCUT2D eigenvalue weighted by Crippen LogP contribution is 2.09. The number of aryl methyl sites for hydroxylation is 1. The van der Waals surface area contributed by atoms with Crippen LogP contribution in [0.25, 0.3) is 11.2 Å². The van der Waals surface area contributed by atoms with E-state index in [0.717, 1.165) is 9.90 Å². The highest BCUT2D eigenvalue weighted by molar-refractivity contribution is 9.09. The van der Waals surface area contributed by atoms with E-state index in [9.17, 15) is 9.59 Å². The van der Waals surface area contributed by atoms with Gasteiger partial charge >= 0.3 is 5.69 Å². The van der Waals surface area contributed by atoms with Crippen LogP contribution < -0.4 is 11.2 Å². The maximum absolute atomic E-state index is 12.2. The molecule has 0 aliphatic rings. The lowest BCUT2D eigenvalue weighted by Crippen LogP contribution is -2.39. The third-order valence-electron chi connectivity index (χ3n) is 2.97. The van der Waals surface area contributed by atoms with Gasteiger partial charge in [-0.05, 0) is 5.92 Å². The molecule has 6 nitrogen and oxygen atoms in total. The fraction of sp³-hybridized carbons (Fsp3) is 0.583. The standard InChI is InChI=1S/C12H17BrN4O2/c1-8(2)6-17-10-9(11(18)15(3)12(17)19)16(5-4-13)7-14-10/h7-8H,4-6H2,1-3H3. The van der Waals surface area contributed by atoms with E-state index in [1.54, 1.807) is 15.5 Å². The number of hydrogen-bond acceptors (Lipinski definition) is 3. The van der Waals surface area contributed by atoms with Crippen LogP contribution in [0.15, 0.2) is 15.9 Å². The zero-order chi connectivity index (χ0) is 14.2. The van der Waals surface area contributed by atoms with Gasteiger partial charge in [0.1, 0.15) is 0 Å². The zero-order valence-corrected chi connectivity index (χ0v) is 12.8. The van der Waals surface area contributed by atoms with Gasteiger partial charge in [0.05, 0.1) is 6.33 Å². The molecule has 0 bridgehead atoms. The summed E-state index contributed by atoms with van der Waals surface area (Å²) in [6.45, 7) is 5.25. The number of fused-ring (bicyclic) bond motifs is 1. The van der Waals surface area contributed by atoms with Gasteiger partial charge in [0.25, 0.3) is 5.56 Å². The molecule has 0 N–H and O–H groups in total. The Morgan fingerprint density at radius 2 is 2.05 bits per heavy atom. The van der Waals surface area contributed by atoms with E-state index in [0.29, 0.717) is 30.2 Å². The predicted molar refractivity (Wildman–Crippen MR) is 77.9 cm³/mol. The molecule has 19 heavy (non-hydrogen) atoms. The molecule has 0 spiro atoms. The van der Waals surface area contributed by atoms with E-state index in [1.165, 1.54) is 7.05 Å². The molecule has 0 fully saturated rings. The summed E-state index contributed by atoms with van der Waals surface area (Å²) < 4.78 is 4.51. The normalized spacial score (nSPS) is 11.6. The molecule has 2 rings (SSSR count). The minimum absolute atomic E-state index is 0.293. The van der Waals surface area contributed by atoms with Gasteiger partial charge < -0.3 is 4.57 Å². The molecular weight excluding hydrogens is 312 g/mol. The Morgan fingerprint density at radius 1 is 1.37 bits per heavy atom. The van der Waals surface area contributed by atoms with Crippen LogP contribution in [0.4, 0.5) is 0 Å². The van der Waals surface area contributed by atoms with Crippen LogP contribution in [0, 0.1) is 5.92 Å². The molecule has 0 aliphatic heterocycles. The van der Waals surface area contributed by atoms with E-state index in [1.807, 2.05) is 13.8 Å². The average molecular weight is 329 g/mol. The van der Waals surface area contributed by atoms with Crippen molar-refractivity contribution in [2.75, 3.05) is 5.33 Å². The number of imidazole rings is 1. The van der Waals surface area contributed by atoms with Crippen molar-refractivity contribution in [3.05, 3.63) is 27.2 Å². The minimum atomic E-state index is -0.310. The summed E-state index contributed by atoms with van der Waals surface area (Å²) in [5.74, 6) is 0.305. The highest BCUT2D eigenvalue weighted by Gasteiger charge is 2.16. The number of aromatic nitrogens is 4. The SMILES string of the molecule is CC(C)Cn1c(=O)n(C)c(=O)c2c1ncn2CCBr. The molecular formula is C12H17BrN4O2. The lowest BCUT2D eigenvalue weighted by molar-refractivity contribution is 0.500. The number of hydrogen-bond donors (Lipinski definition) is 0. The Kier molecular flexibility index (Phi) is 3.93. The molecule has 0 saturated heterocycles. The van der Waals surface area contributed by atoms with Crippen molar-refractivity contribution in [3.8, 4) is 0 Å². The van der Waals surface area contributed by atoms with Gasteiger partial charge in [-0.1, -0.05) is 29.8 Å². The fourth-order valence-corrected chi connectivity index (χ4v) is 2.48. The lowest BCUT2D eigenvalue weighted by atomic mass is 10.2. The first-order valence-electron chi connectivity index (χ1n) is 6.18. The van der Waals surface area contributed by atoms with Gasteiger partial charge in [0.15, 0.2) is 11.2 Å². The van der Waals surface area contributed by atoms with Crippen LogP contribution in [-0.4, -0.2) is 24.0 Å². The van der Waals surface area contributed by atoms with Crippen molar-refractivity contribution in [1.29, 1.82) is 0 Å². The summed E-state index contributed by atoms with van der Waals surface area (Å²) >= 11 is 3.35. The highest BCUT2D eigenvalue weighted by atomic mass is 79.9. The smallest absolute Gasteiger partial charge is 0.324 e. The second-order valence-corrected chi connectivity index (χ2v) is 5.74. The van der Waals surface area contributed by atoms with Gasteiger partial charge in [-0.25, -0.2) is 9.78 Å². The molecule has 2 aromatic rings. The van der Waals surface area contributed by atoms with Crippen molar-refractivity contribution < 1.29 is 0 Å². The molecule has 7 heteroatoms. The zero-order valence-electron chi connectivity index (χ0n) is 11.3. The molecule has 0 radical (unpaired) electrons. The van der Waals surface area contributed by atoms with E-state index >= 15 is 0 Å². The van der Waals surface area contributed by atoms with Gasteiger partial charge in [-0.15, -0.1) is 0 Å². The fourth-order valence-electron chi connectivity index (χ4n) is 2.10. The first-order valence-corrected chi connectivity index (χ1v) is 7.30. The van der Waals surface area contributed by atoms with Crippen molar-refractivity contribution in [3.63, 3.8) is 0 Å². The van der Waals surface area contributed by atoms with Crippen LogP contribution in [0.3, 0.4) is 0 Å². The first-order chi connectivity index (χ1) is 8.97. The van der Waals surface area contributed by atoms with Gasteiger partial charge in [-0.2, -0.15) is 0 Å². The van der Waals surface area contributed by atoms with Crippen LogP contribution in [0.5, 0.6) is 0 Å². The maximum Gasteiger partial charge on any atom is 0.332 e. The van der Waals surface area contributed by atoms with E-state index < -0.39 is 0 Å². The topological polar surface area (TPSA) is 61.8 Å². The molecule has 0 aromatic carbocycles. The Bertz CT molecular complexity index is 711. The van der Waals surface area contributed by atoms with Crippen LogP contribution in [0.1, 0.15) is 13.8 Å². The van der Waals surface area contributed by atoms with Gasteiger partial charge in [-0.3, -0.25) is 13.9 Å². The van der Waals surface area contributed by atoms with Crippen molar-refractivity contribution in [1.82, 2.24) is 18.7 Å². The molecule has 0 atom stereocenters. The monoisotopic (exact) mass is 328 g/mol. The quantitative estimate of drug-likeness (QED) is 0.785. The minimum Gasteiger partial charge on any atom is -0.324 e. The predicted octanol–water partition coefficient (Wildman–Crippen LogP) is 0.948. The summed E-state index contributed by atoms with van der Waals surface area (Å²) in [5, 5.41) is 0.727. The molecule has 104 valence electrons. The molecule has 0 unspecified atom stereocenters. The van der Waals surface area contributed by atoms with Crippen molar-refractivity contribution >= 4 is 27.1 Å². The van der Waals surface area contributed by atoms with Gasteiger partial charge in [0.2, 0.25) is 0 Å². The summed E-state index contributed by atoms with van der Waals surface area (Å²) in [4.78, 5) is 28.6. The van der Waals surface area contributed by atoms with Crippen LogP contribution in [-0.2, 0) is 20.1 Å². The first kappa shape index (κ1) is 14.0. The summed E-state index contributed by atoms with van der Waals surface area (Å²) in [7, 11) is 1.51. The third-order valence-corrected chi connectivity index (χ3v) is 3.33. The van der Waals surface area contributed by atoms with E-state index in [2.05, 4.69) is 20.9 Å². The molecule has 0 aliphatic carbocycles. The van der Waals surface area contributed by atoms with Crippen LogP contribution >= 0.6 is 15.9 Å². The average Bonchev–Trinajstić information content (AvgIpc) is 2.76. The molecule has 2 aromatic heterocycles. The van der Waals surface area contributed by atoms with E-state index in [4.69, 9.17) is 0 Å².